The first-order chi connectivity index (χ1) is 15.7. The number of anilines is 1. The number of carbonyl (C=O) groups is 1. The van der Waals surface area contributed by atoms with Crippen LogP contribution < -0.4 is 5.32 Å². The van der Waals surface area contributed by atoms with E-state index >= 15 is 0 Å². The van der Waals surface area contributed by atoms with Gasteiger partial charge in [0.05, 0.1) is 32.4 Å². The Morgan fingerprint density at radius 2 is 1.85 bits per heavy atom. The number of sulfone groups is 1. The summed E-state index contributed by atoms with van der Waals surface area (Å²) in [7, 11) is -5.61. The third-order valence-electron chi connectivity index (χ3n) is 5.07. The summed E-state index contributed by atoms with van der Waals surface area (Å²) < 4.78 is 66.8. The van der Waals surface area contributed by atoms with Crippen molar-refractivity contribution in [2.45, 2.75) is 36.1 Å². The van der Waals surface area contributed by atoms with Crippen LogP contribution in [-0.2, 0) is 9.84 Å². The first-order valence-corrected chi connectivity index (χ1v) is 12.5. The van der Waals surface area contributed by atoms with Crippen molar-refractivity contribution in [2.75, 3.05) is 11.6 Å². The number of phenols is 1. The summed E-state index contributed by atoms with van der Waals surface area (Å²) in [6, 6.07) is 3.92. The van der Waals surface area contributed by atoms with Gasteiger partial charge in [-0.3, -0.25) is 4.79 Å². The predicted octanol–water partition coefficient (Wildman–Crippen LogP) is 5.89. The van der Waals surface area contributed by atoms with Gasteiger partial charge in [-0.15, -0.1) is 11.8 Å². The zero-order valence-electron chi connectivity index (χ0n) is 18.2. The summed E-state index contributed by atoms with van der Waals surface area (Å²) in [6.45, 7) is 4.96. The normalized spacial score (nSPS) is 12.1. The Labute approximate surface area is 202 Å². The number of nitrogens with one attached hydrogen (secondary N) is 1. The Kier molecular flexibility index (Phi) is 6.98. The minimum atomic E-state index is -5.61. The zero-order chi connectivity index (χ0) is 25.6. The Morgan fingerprint density at radius 3 is 2.35 bits per heavy atom. The van der Waals surface area contributed by atoms with E-state index in [1.165, 1.54) is 11.8 Å². The van der Waals surface area contributed by atoms with Crippen LogP contribution in [0.1, 0.15) is 27.4 Å². The number of hydrogen-bond donors (Lipinski definition) is 2. The molecule has 0 spiro atoms. The Balaban J connectivity index is 2.07. The number of carbonyl (C=O) groups excluding carboxylic acids is 1. The lowest BCUT2D eigenvalue weighted by Gasteiger charge is -2.17. The summed E-state index contributed by atoms with van der Waals surface area (Å²) in [5.74, 6) is -0.721. The quantitative estimate of drug-likeness (QED) is 0.392. The van der Waals surface area contributed by atoms with E-state index in [-0.39, 0.29) is 17.0 Å². The van der Waals surface area contributed by atoms with Gasteiger partial charge in [0.2, 0.25) is 0 Å². The highest BCUT2D eigenvalue weighted by molar-refractivity contribution is 7.98. The smallest absolute Gasteiger partial charge is 0.501 e. The highest BCUT2D eigenvalue weighted by Crippen LogP contribution is 2.42. The molecule has 0 saturated heterocycles. The second-order valence-corrected chi connectivity index (χ2v) is 10.4. The van der Waals surface area contributed by atoms with Gasteiger partial charge in [0, 0.05) is 10.5 Å². The van der Waals surface area contributed by atoms with E-state index < -0.39 is 31.2 Å². The number of halogens is 4. The highest BCUT2D eigenvalue weighted by atomic mass is 35.5. The number of hydrogen-bond acceptors (Lipinski definition) is 7. The van der Waals surface area contributed by atoms with Crippen LogP contribution in [0.2, 0.25) is 5.02 Å². The molecule has 0 saturated carbocycles. The van der Waals surface area contributed by atoms with Gasteiger partial charge in [-0.1, -0.05) is 16.8 Å². The standard InChI is InChI=1S/C21H18ClF3N2O5S2/c1-9-16(33-4)8-13(18-10(2)27-32-11(18)3)19(28)17(9)20(29)26-15-6-5-12(7-14(15)22)34(30,31)21(23,24)25/h5-8,28H,1-4H3,(H,26,29). The maximum Gasteiger partial charge on any atom is 0.501 e. The van der Waals surface area contributed by atoms with Gasteiger partial charge in [0.1, 0.15) is 11.5 Å². The number of aromatic hydroxyl groups is 1. The molecule has 0 atom stereocenters. The molecule has 0 fully saturated rings. The lowest BCUT2D eigenvalue weighted by Crippen LogP contribution is -2.23. The molecule has 34 heavy (non-hydrogen) atoms. The molecular weight excluding hydrogens is 517 g/mol. The molecule has 1 heterocycles. The molecule has 0 unspecified atom stereocenters. The van der Waals surface area contributed by atoms with Gasteiger partial charge in [-0.25, -0.2) is 8.42 Å². The number of nitrogens with zero attached hydrogens (tertiary/aromatic N) is 1. The summed E-state index contributed by atoms with van der Waals surface area (Å²) >= 11 is 7.31. The number of alkyl halides is 3. The van der Waals surface area contributed by atoms with Crippen molar-refractivity contribution in [2.24, 2.45) is 0 Å². The van der Waals surface area contributed by atoms with Gasteiger partial charge in [-0.2, -0.15) is 13.2 Å². The number of rotatable bonds is 5. The molecule has 1 amide bonds. The van der Waals surface area contributed by atoms with Crippen LogP contribution in [0.4, 0.5) is 18.9 Å². The average molecular weight is 535 g/mol. The van der Waals surface area contributed by atoms with E-state index in [1.807, 2.05) is 0 Å². The first kappa shape index (κ1) is 25.9. The second kappa shape index (κ2) is 9.16. The molecule has 182 valence electrons. The van der Waals surface area contributed by atoms with Crippen molar-refractivity contribution in [3.8, 4) is 16.9 Å². The molecule has 2 N–H and O–H groups in total. The number of aryl methyl sites for hydroxylation is 2. The lowest BCUT2D eigenvalue weighted by molar-refractivity contribution is -0.0436. The number of thioether (sulfide) groups is 1. The number of benzene rings is 2. The summed E-state index contributed by atoms with van der Waals surface area (Å²) in [5.41, 5.74) is -3.96. The van der Waals surface area contributed by atoms with Gasteiger partial charge in [-0.05, 0) is 56.9 Å². The lowest BCUT2D eigenvalue weighted by atomic mass is 9.96. The van der Waals surface area contributed by atoms with Crippen LogP contribution in [0.5, 0.6) is 5.75 Å². The number of aromatic nitrogens is 1. The fraction of sp³-hybridized carbons (Fsp3) is 0.238. The van der Waals surface area contributed by atoms with Crippen LogP contribution in [0.25, 0.3) is 11.1 Å². The van der Waals surface area contributed by atoms with Crippen molar-refractivity contribution in [3.63, 3.8) is 0 Å². The van der Waals surface area contributed by atoms with Gasteiger partial charge in [0.15, 0.2) is 0 Å². The second-order valence-electron chi connectivity index (χ2n) is 7.22. The first-order valence-electron chi connectivity index (χ1n) is 9.46. The Hall–Kier alpha value is -2.70. The van der Waals surface area contributed by atoms with Crippen molar-refractivity contribution in [1.82, 2.24) is 5.16 Å². The van der Waals surface area contributed by atoms with Crippen LogP contribution in [0, 0.1) is 20.8 Å². The molecule has 2 aromatic carbocycles. The van der Waals surface area contributed by atoms with Crippen LogP contribution >= 0.6 is 23.4 Å². The number of amides is 1. The third-order valence-corrected chi connectivity index (χ3v) is 7.73. The molecule has 0 bridgehead atoms. The minimum Gasteiger partial charge on any atom is -0.506 e. The van der Waals surface area contributed by atoms with Crippen LogP contribution in [-0.4, -0.2) is 36.4 Å². The molecule has 0 aliphatic heterocycles. The fourth-order valence-electron chi connectivity index (χ4n) is 3.37. The SMILES string of the molecule is CSc1cc(-c2c(C)noc2C)c(O)c(C(=O)Nc2ccc(S(=O)(=O)C(F)(F)F)cc2Cl)c1C. The maximum atomic E-state index is 13.1. The van der Waals surface area contributed by atoms with Crippen molar-refractivity contribution < 1.29 is 36.0 Å². The summed E-state index contributed by atoms with van der Waals surface area (Å²) in [6.07, 6.45) is 1.79. The van der Waals surface area contributed by atoms with Crippen molar-refractivity contribution in [3.05, 3.63) is 51.9 Å². The molecule has 1 aromatic heterocycles. The molecular formula is C21H18ClF3N2O5S2. The topological polar surface area (TPSA) is 110 Å². The molecule has 0 radical (unpaired) electrons. The fourth-order valence-corrected chi connectivity index (χ4v) is 5.10. The monoisotopic (exact) mass is 534 g/mol. The largest absolute Gasteiger partial charge is 0.506 e. The minimum absolute atomic E-state index is 0.0927. The average Bonchev–Trinajstić information content (AvgIpc) is 3.07. The van der Waals surface area contributed by atoms with E-state index in [1.54, 1.807) is 33.1 Å². The van der Waals surface area contributed by atoms with E-state index in [0.29, 0.717) is 45.2 Å². The van der Waals surface area contributed by atoms with Gasteiger partial charge < -0.3 is 14.9 Å². The maximum absolute atomic E-state index is 13.1. The summed E-state index contributed by atoms with van der Waals surface area (Å²) in [4.78, 5) is 12.7. The van der Waals surface area contributed by atoms with Gasteiger partial charge >= 0.3 is 5.51 Å². The molecule has 0 aliphatic carbocycles. The van der Waals surface area contributed by atoms with E-state index in [9.17, 15) is 31.5 Å². The molecule has 3 rings (SSSR count). The van der Waals surface area contributed by atoms with E-state index in [4.69, 9.17) is 16.1 Å². The van der Waals surface area contributed by atoms with E-state index in [0.717, 1.165) is 6.07 Å². The molecule has 0 aliphatic rings. The molecule has 3 aromatic rings. The van der Waals surface area contributed by atoms with Crippen LogP contribution in [0.15, 0.2) is 38.6 Å². The van der Waals surface area contributed by atoms with Crippen LogP contribution in [0.3, 0.4) is 0 Å². The highest BCUT2D eigenvalue weighted by Gasteiger charge is 2.47. The Bertz CT molecular complexity index is 1380. The zero-order valence-corrected chi connectivity index (χ0v) is 20.6. The number of phenolic OH excluding ortho intramolecular Hbond substituents is 1. The van der Waals surface area contributed by atoms with Crippen molar-refractivity contribution in [1.29, 1.82) is 0 Å². The predicted molar refractivity (Wildman–Crippen MR) is 122 cm³/mol. The Morgan fingerprint density at radius 1 is 1.21 bits per heavy atom. The van der Waals surface area contributed by atoms with Crippen molar-refractivity contribution >= 4 is 44.8 Å². The summed E-state index contributed by atoms with van der Waals surface area (Å²) in [5, 5.41) is 16.9. The molecule has 7 nitrogen and oxygen atoms in total. The third kappa shape index (κ3) is 4.49. The van der Waals surface area contributed by atoms with Gasteiger partial charge in [0.25, 0.3) is 15.7 Å². The van der Waals surface area contributed by atoms with E-state index in [2.05, 4.69) is 10.5 Å². The molecule has 13 heteroatoms.